The summed E-state index contributed by atoms with van der Waals surface area (Å²) in [5.41, 5.74) is 4.47. The first-order valence-electron chi connectivity index (χ1n) is 11.1. The molecule has 0 unspecified atom stereocenters. The van der Waals surface area contributed by atoms with E-state index in [4.69, 9.17) is 4.74 Å². The van der Waals surface area contributed by atoms with Gasteiger partial charge in [0.05, 0.1) is 23.3 Å². The third-order valence-corrected chi connectivity index (χ3v) is 6.58. The highest BCUT2D eigenvalue weighted by Crippen LogP contribution is 2.34. The smallest absolute Gasteiger partial charge is 0.283 e. The van der Waals surface area contributed by atoms with Crippen molar-refractivity contribution < 1.29 is 19.6 Å². The molecule has 1 aliphatic rings. The van der Waals surface area contributed by atoms with Gasteiger partial charge in [-0.15, -0.1) is 11.3 Å². The molecule has 1 N–H and O–H groups in total. The number of phenols is 1. The van der Waals surface area contributed by atoms with Crippen LogP contribution in [-0.2, 0) is 4.79 Å². The Kier molecular flexibility index (Phi) is 6.24. The average molecular weight is 513 g/mol. The van der Waals surface area contributed by atoms with Gasteiger partial charge in [-0.05, 0) is 42.8 Å². The van der Waals surface area contributed by atoms with Crippen molar-refractivity contribution >= 4 is 39.9 Å². The largest absolute Gasteiger partial charge is 0.504 e. The normalized spacial score (nSPS) is 14.2. The molecule has 10 heteroatoms. The fourth-order valence-corrected chi connectivity index (χ4v) is 4.58. The van der Waals surface area contributed by atoms with Gasteiger partial charge in [0, 0.05) is 28.6 Å². The molecule has 0 radical (unpaired) electrons. The number of thiazole rings is 1. The Morgan fingerprint density at radius 1 is 1.05 bits per heavy atom. The van der Waals surface area contributed by atoms with Crippen LogP contribution in [0.1, 0.15) is 16.7 Å². The number of ether oxygens (including phenoxy) is 1. The van der Waals surface area contributed by atoms with Crippen molar-refractivity contribution in [2.24, 2.45) is 5.10 Å². The van der Waals surface area contributed by atoms with E-state index in [0.717, 1.165) is 16.8 Å². The minimum Gasteiger partial charge on any atom is -0.504 e. The lowest BCUT2D eigenvalue weighted by Crippen LogP contribution is -2.21. The summed E-state index contributed by atoms with van der Waals surface area (Å²) in [6.45, 7) is 2.01. The van der Waals surface area contributed by atoms with Crippen molar-refractivity contribution in [1.82, 2.24) is 4.98 Å². The first kappa shape index (κ1) is 23.9. The zero-order valence-corrected chi connectivity index (χ0v) is 20.6. The molecule has 2 heterocycles. The lowest BCUT2D eigenvalue weighted by Gasteiger charge is -2.07. The van der Waals surface area contributed by atoms with E-state index in [2.05, 4.69) is 10.1 Å². The molecule has 0 aliphatic carbocycles. The zero-order chi connectivity index (χ0) is 26.1. The summed E-state index contributed by atoms with van der Waals surface area (Å²) in [4.78, 5) is 28.9. The van der Waals surface area contributed by atoms with Gasteiger partial charge < -0.3 is 9.84 Å². The summed E-state index contributed by atoms with van der Waals surface area (Å²) < 4.78 is 5.19. The minimum absolute atomic E-state index is 0.0281. The Morgan fingerprint density at radius 3 is 2.43 bits per heavy atom. The van der Waals surface area contributed by atoms with E-state index in [0.29, 0.717) is 22.0 Å². The summed E-state index contributed by atoms with van der Waals surface area (Å²) in [7, 11) is 1.44. The molecule has 0 saturated carbocycles. The predicted molar refractivity (Wildman–Crippen MR) is 142 cm³/mol. The number of phenolic OH excluding ortho intramolecular Hbond substituents is 1. The number of carbonyl (C=O) groups is 1. The first-order valence-corrected chi connectivity index (χ1v) is 12.0. The molecule has 0 spiro atoms. The van der Waals surface area contributed by atoms with Crippen LogP contribution >= 0.6 is 11.3 Å². The summed E-state index contributed by atoms with van der Waals surface area (Å²) in [5.74, 6) is -0.168. The summed E-state index contributed by atoms with van der Waals surface area (Å²) in [6, 6.07) is 18.5. The summed E-state index contributed by atoms with van der Waals surface area (Å²) >= 11 is 1.29. The van der Waals surface area contributed by atoms with E-state index in [1.165, 1.54) is 41.7 Å². The molecule has 184 valence electrons. The van der Waals surface area contributed by atoms with E-state index >= 15 is 0 Å². The van der Waals surface area contributed by atoms with Gasteiger partial charge in [0.2, 0.25) is 5.13 Å². The van der Waals surface area contributed by atoms with Gasteiger partial charge in [-0.1, -0.05) is 35.9 Å². The Balaban J connectivity index is 1.57. The second-order valence-electron chi connectivity index (χ2n) is 8.24. The highest BCUT2D eigenvalue weighted by Gasteiger charge is 2.34. The fourth-order valence-electron chi connectivity index (χ4n) is 3.80. The zero-order valence-electron chi connectivity index (χ0n) is 19.8. The molecule has 0 atom stereocenters. The van der Waals surface area contributed by atoms with E-state index in [1.807, 2.05) is 36.6 Å². The van der Waals surface area contributed by atoms with Crippen molar-refractivity contribution in [3.05, 3.63) is 104 Å². The number of non-ortho nitro benzene ring substituents is 1. The molecular formula is C27H20N4O5S. The number of anilines is 1. The third kappa shape index (κ3) is 4.69. The molecule has 0 fully saturated rings. The number of nitrogens with zero attached hydrogens (tertiary/aromatic N) is 4. The van der Waals surface area contributed by atoms with E-state index in [9.17, 15) is 20.0 Å². The molecule has 0 saturated heterocycles. The summed E-state index contributed by atoms with van der Waals surface area (Å²) in [6.07, 6.45) is 1.64. The Hall–Kier alpha value is -4.83. The SMILES string of the molecule is COc1cc(/C=C2\C(=O)N(c3nc(-c4ccc(C)cc4)cs3)N=C2c2ccc([N+](=O)[O-])cc2)ccc1O. The lowest BCUT2D eigenvalue weighted by molar-refractivity contribution is -0.384. The van der Waals surface area contributed by atoms with Crippen LogP contribution in [0.25, 0.3) is 17.3 Å². The van der Waals surface area contributed by atoms with E-state index in [1.54, 1.807) is 30.3 Å². The number of benzene rings is 3. The van der Waals surface area contributed by atoms with Gasteiger partial charge in [0.15, 0.2) is 11.5 Å². The van der Waals surface area contributed by atoms with Gasteiger partial charge in [0.25, 0.3) is 11.6 Å². The molecule has 0 bridgehead atoms. The highest BCUT2D eigenvalue weighted by atomic mass is 32.1. The van der Waals surface area contributed by atoms with Crippen LogP contribution in [0.4, 0.5) is 10.8 Å². The fraction of sp³-hybridized carbons (Fsp3) is 0.0741. The van der Waals surface area contributed by atoms with Gasteiger partial charge in [-0.3, -0.25) is 14.9 Å². The van der Waals surface area contributed by atoms with Crippen molar-refractivity contribution in [2.45, 2.75) is 6.92 Å². The molecule has 5 rings (SSSR count). The van der Waals surface area contributed by atoms with Gasteiger partial charge in [-0.2, -0.15) is 10.1 Å². The van der Waals surface area contributed by atoms with E-state index in [-0.39, 0.29) is 22.8 Å². The average Bonchev–Trinajstić information content (AvgIpc) is 3.51. The standard InChI is InChI=1S/C27H20N4O5S/c1-16-3-6-18(7-4-16)22-15-37-27(28-22)30-26(33)21(13-17-5-12-23(32)24(14-17)36-2)25(29-30)19-8-10-20(11-9-19)31(34)35/h3-15,32H,1-2H3/b21-13-. The van der Waals surface area contributed by atoms with Crippen molar-refractivity contribution in [2.75, 3.05) is 12.1 Å². The predicted octanol–water partition coefficient (Wildman–Crippen LogP) is 5.58. The molecule has 3 aromatic carbocycles. The number of aromatic hydroxyl groups is 1. The van der Waals surface area contributed by atoms with Crippen LogP contribution in [0.15, 0.2) is 82.8 Å². The van der Waals surface area contributed by atoms with Crippen LogP contribution in [0, 0.1) is 17.0 Å². The molecule has 9 nitrogen and oxygen atoms in total. The van der Waals surface area contributed by atoms with Crippen LogP contribution in [0.3, 0.4) is 0 Å². The summed E-state index contributed by atoms with van der Waals surface area (Å²) in [5, 5.41) is 29.1. The van der Waals surface area contributed by atoms with Gasteiger partial charge in [-0.25, -0.2) is 4.98 Å². The minimum atomic E-state index is -0.487. The highest BCUT2D eigenvalue weighted by molar-refractivity contribution is 7.14. The number of rotatable bonds is 6. The Morgan fingerprint density at radius 2 is 1.76 bits per heavy atom. The van der Waals surface area contributed by atoms with Crippen LogP contribution in [-0.4, -0.2) is 33.7 Å². The Labute approximate surface area is 215 Å². The number of nitro benzene ring substituents is 1. The van der Waals surface area contributed by atoms with Crippen LogP contribution in [0.5, 0.6) is 11.5 Å². The Bertz CT molecular complexity index is 1570. The maximum absolute atomic E-state index is 13.6. The van der Waals surface area contributed by atoms with Crippen molar-refractivity contribution in [3.63, 3.8) is 0 Å². The molecule has 37 heavy (non-hydrogen) atoms. The van der Waals surface area contributed by atoms with Crippen LogP contribution in [0.2, 0.25) is 0 Å². The monoisotopic (exact) mass is 512 g/mol. The number of aromatic nitrogens is 1. The number of amides is 1. The molecular weight excluding hydrogens is 492 g/mol. The number of methoxy groups -OCH3 is 1. The molecule has 1 aliphatic heterocycles. The maximum atomic E-state index is 13.6. The topological polar surface area (TPSA) is 118 Å². The number of hydrazone groups is 1. The van der Waals surface area contributed by atoms with Gasteiger partial charge in [0.1, 0.15) is 5.71 Å². The number of hydrogen-bond acceptors (Lipinski definition) is 8. The number of nitro groups is 1. The first-order chi connectivity index (χ1) is 17.8. The number of hydrogen-bond donors (Lipinski definition) is 1. The number of carbonyl (C=O) groups excluding carboxylic acids is 1. The second-order valence-corrected chi connectivity index (χ2v) is 9.08. The third-order valence-electron chi connectivity index (χ3n) is 5.76. The quantitative estimate of drug-likeness (QED) is 0.205. The molecule has 1 amide bonds. The van der Waals surface area contributed by atoms with Gasteiger partial charge >= 0.3 is 0 Å². The van der Waals surface area contributed by atoms with Crippen molar-refractivity contribution in [3.8, 4) is 22.8 Å². The van der Waals surface area contributed by atoms with Crippen molar-refractivity contribution in [1.29, 1.82) is 0 Å². The van der Waals surface area contributed by atoms with E-state index < -0.39 is 10.8 Å². The second kappa shape index (κ2) is 9.67. The number of aryl methyl sites for hydroxylation is 1. The van der Waals surface area contributed by atoms with Crippen LogP contribution < -0.4 is 9.75 Å². The lowest BCUT2D eigenvalue weighted by atomic mass is 10.00. The molecule has 4 aromatic rings. The maximum Gasteiger partial charge on any atom is 0.283 e. The molecule has 1 aromatic heterocycles.